The van der Waals surface area contributed by atoms with Gasteiger partial charge in [0.05, 0.1) is 6.42 Å². The van der Waals surface area contributed by atoms with Crippen molar-refractivity contribution in [3.05, 3.63) is 0 Å². The molecule has 0 rings (SSSR count). The van der Waals surface area contributed by atoms with Crippen molar-refractivity contribution in [3.63, 3.8) is 0 Å². The van der Waals surface area contributed by atoms with Gasteiger partial charge < -0.3 is 0 Å². The zero-order chi connectivity index (χ0) is 8.91. The van der Waals surface area contributed by atoms with Crippen LogP contribution < -0.4 is 0 Å². The van der Waals surface area contributed by atoms with Gasteiger partial charge in [0, 0.05) is 6.42 Å². The van der Waals surface area contributed by atoms with Crippen LogP contribution in [0.2, 0.25) is 0 Å². The van der Waals surface area contributed by atoms with E-state index in [1.807, 2.05) is 0 Å². The lowest BCUT2D eigenvalue weighted by atomic mass is 10.1. The lowest BCUT2D eigenvalue weighted by Gasteiger charge is -2.14. The van der Waals surface area contributed by atoms with Crippen molar-refractivity contribution in [2.45, 2.75) is 45.0 Å². The van der Waals surface area contributed by atoms with Gasteiger partial charge in [-0.25, -0.2) is 17.6 Å². The van der Waals surface area contributed by atoms with E-state index in [-0.39, 0.29) is 0 Å². The minimum atomic E-state index is -3.18. The largest absolute Gasteiger partial charge is 0.253 e. The number of hydrogen-bond acceptors (Lipinski definition) is 0. The Morgan fingerprint density at radius 2 is 1.82 bits per heavy atom. The van der Waals surface area contributed by atoms with E-state index in [1.165, 1.54) is 0 Å². The van der Waals surface area contributed by atoms with Gasteiger partial charge in [-0.05, 0) is 6.42 Å². The third kappa shape index (κ3) is 6.13. The molecule has 0 amide bonds. The maximum atomic E-state index is 12.4. The number of unbranched alkanes of at least 4 members (excludes halogenated alkanes) is 1. The molecule has 11 heavy (non-hydrogen) atoms. The summed E-state index contributed by atoms with van der Waals surface area (Å²) < 4.78 is 47.7. The van der Waals surface area contributed by atoms with Crippen molar-refractivity contribution < 1.29 is 17.6 Å². The van der Waals surface area contributed by atoms with Crippen molar-refractivity contribution in [1.29, 1.82) is 0 Å². The number of alkyl halides is 4. The highest BCUT2D eigenvalue weighted by molar-refractivity contribution is 4.66. The minimum absolute atomic E-state index is 0.305. The summed E-state index contributed by atoms with van der Waals surface area (Å²) in [5.74, 6) is -3.18. The zero-order valence-electron chi connectivity index (χ0n) is 6.42. The first-order chi connectivity index (χ1) is 4.98. The summed E-state index contributed by atoms with van der Waals surface area (Å²) in [7, 11) is 0. The average molecular weight is 172 g/mol. The van der Waals surface area contributed by atoms with E-state index in [4.69, 9.17) is 0 Å². The molecule has 0 fully saturated rings. The molecule has 0 unspecified atom stereocenters. The maximum Gasteiger partial charge on any atom is 0.253 e. The fraction of sp³-hybridized carbons (Fsp3) is 1.00. The SMILES string of the molecule is CCCCC(F)(F)CC(F)F. The first-order valence-corrected chi connectivity index (χ1v) is 3.64. The Labute approximate surface area is 63.6 Å². The van der Waals surface area contributed by atoms with Gasteiger partial charge in [-0.1, -0.05) is 13.3 Å². The summed E-state index contributed by atoms with van der Waals surface area (Å²) in [6.45, 7) is 1.75. The van der Waals surface area contributed by atoms with Gasteiger partial charge in [0.1, 0.15) is 0 Å². The predicted octanol–water partition coefficient (Wildman–Crippen LogP) is 3.47. The van der Waals surface area contributed by atoms with Crippen LogP contribution in [0.25, 0.3) is 0 Å². The van der Waals surface area contributed by atoms with Gasteiger partial charge in [0.2, 0.25) is 6.43 Å². The molecule has 0 saturated carbocycles. The quantitative estimate of drug-likeness (QED) is 0.557. The average Bonchev–Trinajstić information content (AvgIpc) is 1.81. The molecule has 0 aromatic heterocycles. The van der Waals surface area contributed by atoms with Crippen LogP contribution in [-0.4, -0.2) is 12.3 Å². The Morgan fingerprint density at radius 1 is 1.27 bits per heavy atom. The highest BCUT2D eigenvalue weighted by Gasteiger charge is 2.31. The van der Waals surface area contributed by atoms with Crippen LogP contribution in [0.15, 0.2) is 0 Å². The molecule has 0 aliphatic rings. The van der Waals surface area contributed by atoms with E-state index in [0.717, 1.165) is 0 Å². The second-order valence-electron chi connectivity index (χ2n) is 2.55. The molecule has 0 heterocycles. The molecule has 68 valence electrons. The standard InChI is InChI=1S/C7H12F4/c1-2-3-4-7(10,11)5-6(8)9/h6H,2-5H2,1H3. The summed E-state index contributed by atoms with van der Waals surface area (Å²) in [5.41, 5.74) is 0. The molecule has 0 saturated heterocycles. The van der Waals surface area contributed by atoms with Crippen LogP contribution in [0.5, 0.6) is 0 Å². The van der Waals surface area contributed by atoms with Gasteiger partial charge in [-0.2, -0.15) is 0 Å². The molecule has 0 nitrogen and oxygen atoms in total. The fourth-order valence-electron chi connectivity index (χ4n) is 0.763. The molecule has 0 aromatic rings. The molecule has 0 bridgehead atoms. The van der Waals surface area contributed by atoms with Crippen molar-refractivity contribution in [3.8, 4) is 0 Å². The van der Waals surface area contributed by atoms with Crippen LogP contribution in [0.1, 0.15) is 32.6 Å². The molecular formula is C7H12F4. The topological polar surface area (TPSA) is 0 Å². The first kappa shape index (κ1) is 10.7. The van der Waals surface area contributed by atoms with Gasteiger partial charge in [-0.15, -0.1) is 0 Å². The summed E-state index contributed by atoms with van der Waals surface area (Å²) in [4.78, 5) is 0. The van der Waals surface area contributed by atoms with Crippen LogP contribution >= 0.6 is 0 Å². The molecular weight excluding hydrogens is 160 g/mol. The highest BCUT2D eigenvalue weighted by Crippen LogP contribution is 2.27. The number of hydrogen-bond donors (Lipinski definition) is 0. The van der Waals surface area contributed by atoms with Gasteiger partial charge in [0.25, 0.3) is 5.92 Å². The minimum Gasteiger partial charge on any atom is -0.210 e. The van der Waals surface area contributed by atoms with Crippen molar-refractivity contribution in [2.24, 2.45) is 0 Å². The predicted molar refractivity (Wildman–Crippen MR) is 35.1 cm³/mol. The lowest BCUT2D eigenvalue weighted by molar-refractivity contribution is -0.0610. The molecule has 0 aliphatic carbocycles. The third-order valence-electron chi connectivity index (χ3n) is 1.35. The van der Waals surface area contributed by atoms with E-state index >= 15 is 0 Å². The second-order valence-corrected chi connectivity index (χ2v) is 2.55. The van der Waals surface area contributed by atoms with Gasteiger partial charge in [-0.3, -0.25) is 0 Å². The normalized spacial score (nSPS) is 12.5. The third-order valence-corrected chi connectivity index (χ3v) is 1.35. The molecule has 0 aliphatic heterocycles. The molecule has 0 spiro atoms. The van der Waals surface area contributed by atoms with Crippen LogP contribution in [-0.2, 0) is 0 Å². The van der Waals surface area contributed by atoms with Crippen LogP contribution in [0.3, 0.4) is 0 Å². The van der Waals surface area contributed by atoms with Crippen LogP contribution in [0, 0.1) is 0 Å². The lowest BCUT2D eigenvalue weighted by Crippen LogP contribution is -2.19. The summed E-state index contributed by atoms with van der Waals surface area (Å²) in [6.07, 6.45) is -3.71. The Bertz CT molecular complexity index is 101. The van der Waals surface area contributed by atoms with E-state index in [1.54, 1.807) is 6.92 Å². The Balaban J connectivity index is 3.61. The molecule has 4 heteroatoms. The van der Waals surface area contributed by atoms with Crippen molar-refractivity contribution in [1.82, 2.24) is 0 Å². The Morgan fingerprint density at radius 3 is 2.18 bits per heavy atom. The van der Waals surface area contributed by atoms with Gasteiger partial charge >= 0.3 is 0 Å². The highest BCUT2D eigenvalue weighted by atomic mass is 19.3. The van der Waals surface area contributed by atoms with Crippen LogP contribution in [0.4, 0.5) is 17.6 Å². The van der Waals surface area contributed by atoms with E-state index < -0.39 is 25.2 Å². The molecule has 0 radical (unpaired) electrons. The monoisotopic (exact) mass is 172 g/mol. The van der Waals surface area contributed by atoms with Gasteiger partial charge in [0.15, 0.2) is 0 Å². The van der Waals surface area contributed by atoms with Crippen molar-refractivity contribution >= 4 is 0 Å². The smallest absolute Gasteiger partial charge is 0.210 e. The number of halogens is 4. The van der Waals surface area contributed by atoms with E-state index in [9.17, 15) is 17.6 Å². The van der Waals surface area contributed by atoms with E-state index in [2.05, 4.69) is 0 Å². The summed E-state index contributed by atoms with van der Waals surface area (Å²) >= 11 is 0. The Hall–Kier alpha value is -0.280. The van der Waals surface area contributed by atoms with Crippen molar-refractivity contribution in [2.75, 3.05) is 0 Å². The fourth-order valence-corrected chi connectivity index (χ4v) is 0.763. The molecule has 0 atom stereocenters. The maximum absolute atomic E-state index is 12.4. The molecule has 0 aromatic carbocycles. The summed E-state index contributed by atoms with van der Waals surface area (Å²) in [5, 5.41) is 0. The zero-order valence-corrected chi connectivity index (χ0v) is 6.42. The Kier molecular flexibility index (Phi) is 4.45. The van der Waals surface area contributed by atoms with E-state index in [0.29, 0.717) is 12.8 Å². The first-order valence-electron chi connectivity index (χ1n) is 3.64. The molecule has 0 N–H and O–H groups in total. The second kappa shape index (κ2) is 4.57. The summed E-state index contributed by atoms with van der Waals surface area (Å²) in [6, 6.07) is 0. The number of rotatable bonds is 5.